The van der Waals surface area contributed by atoms with Gasteiger partial charge in [0, 0.05) is 36.4 Å². The zero-order chi connectivity index (χ0) is 28.6. The van der Waals surface area contributed by atoms with Crippen LogP contribution in [0.2, 0.25) is 0 Å². The van der Waals surface area contributed by atoms with Gasteiger partial charge in [-0.3, -0.25) is 14.4 Å². The third-order valence-electron chi connectivity index (χ3n) is 6.60. The molecule has 3 aromatic rings. The van der Waals surface area contributed by atoms with Crippen LogP contribution >= 0.6 is 11.8 Å². The molecule has 1 aliphatic heterocycles. The number of rotatable bonds is 10. The molecule has 3 amide bonds. The molecule has 0 bridgehead atoms. The molecule has 0 saturated carbocycles. The highest BCUT2D eigenvalue weighted by atomic mass is 32.2. The molecule has 10 nitrogen and oxygen atoms in total. The summed E-state index contributed by atoms with van der Waals surface area (Å²) >= 11 is 1.27. The first-order chi connectivity index (χ1) is 19.3. The summed E-state index contributed by atoms with van der Waals surface area (Å²) in [5.74, 6) is 0.360. The second kappa shape index (κ2) is 13.6. The van der Waals surface area contributed by atoms with Gasteiger partial charge in [-0.15, -0.1) is 10.2 Å². The molecule has 0 radical (unpaired) electrons. The molecule has 2 aromatic carbocycles. The number of ether oxygens (including phenoxy) is 1. The van der Waals surface area contributed by atoms with E-state index in [0.29, 0.717) is 60.6 Å². The predicted molar refractivity (Wildman–Crippen MR) is 154 cm³/mol. The molecule has 4 rings (SSSR count). The Labute approximate surface area is 238 Å². The quantitative estimate of drug-likeness (QED) is 0.358. The standard InChI is InChI=1S/C29H36N6O4S/c1-5-35-26(25(19(2)3)31-27(37)21-9-6-8-20(4)16-21)32-33-29(35)40-18-24(36)30-23-11-7-10-22(17-23)28(38)34-12-14-39-15-13-34/h6-11,16-17,19,25H,5,12-15,18H2,1-4H3,(H,30,36)(H,31,37)/t25-/m1/s1. The lowest BCUT2D eigenvalue weighted by Gasteiger charge is -2.27. The monoisotopic (exact) mass is 564 g/mol. The lowest BCUT2D eigenvalue weighted by atomic mass is 10.0. The smallest absolute Gasteiger partial charge is 0.254 e. The number of aromatic nitrogens is 3. The van der Waals surface area contributed by atoms with E-state index in [2.05, 4.69) is 20.8 Å². The zero-order valence-corrected chi connectivity index (χ0v) is 24.2. The summed E-state index contributed by atoms with van der Waals surface area (Å²) in [6.45, 7) is 10.7. The van der Waals surface area contributed by atoms with Crippen LogP contribution in [0.3, 0.4) is 0 Å². The van der Waals surface area contributed by atoms with Gasteiger partial charge >= 0.3 is 0 Å². The number of benzene rings is 2. The van der Waals surface area contributed by atoms with Crippen molar-refractivity contribution in [2.75, 3.05) is 37.4 Å². The Kier molecular flexibility index (Phi) is 9.94. The second-order valence-corrected chi connectivity index (χ2v) is 10.9. The molecule has 2 heterocycles. The molecule has 0 unspecified atom stereocenters. The van der Waals surface area contributed by atoms with E-state index < -0.39 is 0 Å². The summed E-state index contributed by atoms with van der Waals surface area (Å²) in [6.07, 6.45) is 0. The van der Waals surface area contributed by atoms with Gasteiger partial charge in [-0.05, 0) is 50.1 Å². The first-order valence-corrected chi connectivity index (χ1v) is 14.5. The van der Waals surface area contributed by atoms with E-state index in [1.54, 1.807) is 35.2 Å². The van der Waals surface area contributed by atoms with Crippen LogP contribution in [0.15, 0.2) is 53.7 Å². The van der Waals surface area contributed by atoms with Crippen molar-refractivity contribution in [1.29, 1.82) is 0 Å². The topological polar surface area (TPSA) is 118 Å². The largest absolute Gasteiger partial charge is 0.378 e. The van der Waals surface area contributed by atoms with Crippen LogP contribution in [0.5, 0.6) is 0 Å². The van der Waals surface area contributed by atoms with Crippen LogP contribution in [0.1, 0.15) is 58.9 Å². The average Bonchev–Trinajstić information content (AvgIpc) is 3.37. The van der Waals surface area contributed by atoms with Crippen molar-refractivity contribution in [3.05, 3.63) is 71.0 Å². The molecular weight excluding hydrogens is 528 g/mol. The normalized spacial score (nSPS) is 14.2. The van der Waals surface area contributed by atoms with Crippen molar-refractivity contribution in [1.82, 2.24) is 25.0 Å². The Bertz CT molecular complexity index is 1350. The number of hydrogen-bond acceptors (Lipinski definition) is 7. The predicted octanol–water partition coefficient (Wildman–Crippen LogP) is 3.94. The number of carbonyl (C=O) groups is 3. The third-order valence-corrected chi connectivity index (χ3v) is 7.56. The number of thioether (sulfide) groups is 1. The Morgan fingerprint density at radius 1 is 1.02 bits per heavy atom. The number of anilines is 1. The first kappa shape index (κ1) is 29.3. The van der Waals surface area contributed by atoms with Crippen LogP contribution in [0.25, 0.3) is 0 Å². The summed E-state index contributed by atoms with van der Waals surface area (Å²) in [4.78, 5) is 40.3. The molecule has 1 saturated heterocycles. The number of aryl methyl sites for hydroxylation is 1. The fraction of sp³-hybridized carbons (Fsp3) is 0.414. The molecular formula is C29H36N6O4S. The van der Waals surface area contributed by atoms with Gasteiger partial charge in [0.15, 0.2) is 11.0 Å². The van der Waals surface area contributed by atoms with E-state index in [1.807, 2.05) is 50.5 Å². The molecule has 1 atom stereocenters. The Morgan fingerprint density at radius 2 is 1.75 bits per heavy atom. The summed E-state index contributed by atoms with van der Waals surface area (Å²) in [5.41, 5.74) is 2.68. The highest BCUT2D eigenvalue weighted by Crippen LogP contribution is 2.26. The SMILES string of the molecule is CCn1c(SCC(=O)Nc2cccc(C(=O)N3CCOCC3)c2)nnc1[C@H](NC(=O)c1cccc(C)c1)C(C)C. The van der Waals surface area contributed by atoms with Crippen LogP contribution in [-0.4, -0.2) is 69.4 Å². The molecule has 1 aromatic heterocycles. The highest BCUT2D eigenvalue weighted by molar-refractivity contribution is 7.99. The lowest BCUT2D eigenvalue weighted by molar-refractivity contribution is -0.113. The van der Waals surface area contributed by atoms with Gasteiger partial charge in [-0.2, -0.15) is 0 Å². The summed E-state index contributed by atoms with van der Waals surface area (Å²) in [5, 5.41) is 15.3. The van der Waals surface area contributed by atoms with Gasteiger partial charge in [-0.1, -0.05) is 49.4 Å². The maximum Gasteiger partial charge on any atom is 0.254 e. The van der Waals surface area contributed by atoms with Crippen molar-refractivity contribution in [2.45, 2.75) is 45.4 Å². The number of hydrogen-bond donors (Lipinski definition) is 2. The summed E-state index contributed by atoms with van der Waals surface area (Å²) < 4.78 is 7.26. The van der Waals surface area contributed by atoms with Crippen LogP contribution in [-0.2, 0) is 16.1 Å². The zero-order valence-electron chi connectivity index (χ0n) is 23.3. The Hall–Kier alpha value is -3.70. The van der Waals surface area contributed by atoms with Crippen molar-refractivity contribution in [3.8, 4) is 0 Å². The van der Waals surface area contributed by atoms with E-state index in [9.17, 15) is 14.4 Å². The molecule has 0 aliphatic carbocycles. The van der Waals surface area contributed by atoms with Gasteiger partial charge < -0.3 is 24.8 Å². The fourth-order valence-electron chi connectivity index (χ4n) is 4.48. The number of nitrogens with one attached hydrogen (secondary N) is 2. The van der Waals surface area contributed by atoms with E-state index in [1.165, 1.54) is 11.8 Å². The van der Waals surface area contributed by atoms with Gasteiger partial charge in [0.2, 0.25) is 5.91 Å². The van der Waals surface area contributed by atoms with Crippen LogP contribution < -0.4 is 10.6 Å². The van der Waals surface area contributed by atoms with Gasteiger partial charge in [-0.25, -0.2) is 0 Å². The van der Waals surface area contributed by atoms with Crippen molar-refractivity contribution < 1.29 is 19.1 Å². The maximum atomic E-state index is 13.0. The van der Waals surface area contributed by atoms with E-state index in [4.69, 9.17) is 4.74 Å². The number of morpholine rings is 1. The van der Waals surface area contributed by atoms with Gasteiger partial charge in [0.1, 0.15) is 0 Å². The lowest BCUT2D eigenvalue weighted by Crippen LogP contribution is -2.40. The molecule has 0 spiro atoms. The van der Waals surface area contributed by atoms with Crippen LogP contribution in [0, 0.1) is 12.8 Å². The van der Waals surface area contributed by atoms with Crippen LogP contribution in [0.4, 0.5) is 5.69 Å². The minimum atomic E-state index is -0.351. The Morgan fingerprint density at radius 3 is 2.45 bits per heavy atom. The number of amides is 3. The summed E-state index contributed by atoms with van der Waals surface area (Å²) in [7, 11) is 0. The minimum absolute atomic E-state index is 0.0665. The van der Waals surface area contributed by atoms with E-state index >= 15 is 0 Å². The average molecular weight is 565 g/mol. The fourth-order valence-corrected chi connectivity index (χ4v) is 5.29. The number of nitrogens with zero attached hydrogens (tertiary/aromatic N) is 4. The molecule has 2 N–H and O–H groups in total. The molecule has 40 heavy (non-hydrogen) atoms. The number of carbonyl (C=O) groups excluding carboxylic acids is 3. The van der Waals surface area contributed by atoms with Gasteiger partial charge in [0.05, 0.1) is 25.0 Å². The van der Waals surface area contributed by atoms with Crippen molar-refractivity contribution in [2.24, 2.45) is 5.92 Å². The molecule has 1 aliphatic rings. The van der Waals surface area contributed by atoms with E-state index in [0.717, 1.165) is 5.56 Å². The second-order valence-electron chi connectivity index (χ2n) is 9.97. The van der Waals surface area contributed by atoms with Crippen molar-refractivity contribution in [3.63, 3.8) is 0 Å². The highest BCUT2D eigenvalue weighted by Gasteiger charge is 2.26. The Balaban J connectivity index is 1.40. The first-order valence-electron chi connectivity index (χ1n) is 13.5. The molecule has 11 heteroatoms. The van der Waals surface area contributed by atoms with Gasteiger partial charge in [0.25, 0.3) is 11.8 Å². The molecule has 212 valence electrons. The van der Waals surface area contributed by atoms with E-state index in [-0.39, 0.29) is 35.4 Å². The minimum Gasteiger partial charge on any atom is -0.378 e. The maximum absolute atomic E-state index is 13.0. The van der Waals surface area contributed by atoms with Crippen molar-refractivity contribution >= 4 is 35.2 Å². The third kappa shape index (κ3) is 7.28. The molecule has 1 fully saturated rings. The summed E-state index contributed by atoms with van der Waals surface area (Å²) in [6, 6.07) is 14.1.